The molecule has 2 atom stereocenters. The SMILES string of the molecule is CC(=NN1CN([C@H](C)C(=O)O)P(Nc2ncn[nH]2)N=C1N)c1cccs1. The minimum atomic E-state index is -1.47. The van der Waals surface area contributed by atoms with Crippen LogP contribution in [0.3, 0.4) is 0 Å². The molecule has 2 aromatic heterocycles. The fourth-order valence-electron chi connectivity index (χ4n) is 2.13. The second-order valence-corrected chi connectivity index (χ2v) is 7.81. The Bertz CT molecular complexity index is 808. The van der Waals surface area contributed by atoms with Gasteiger partial charge in [0, 0.05) is 0 Å². The molecule has 0 saturated heterocycles. The van der Waals surface area contributed by atoms with Crippen LogP contribution in [0.5, 0.6) is 0 Å². The monoisotopic (exact) mass is 395 g/mol. The van der Waals surface area contributed by atoms with E-state index in [1.807, 2.05) is 24.4 Å². The normalized spacial score (nSPS) is 19.9. The summed E-state index contributed by atoms with van der Waals surface area (Å²) in [5.74, 6) is -0.374. The van der Waals surface area contributed by atoms with Crippen molar-refractivity contribution < 1.29 is 9.90 Å². The van der Waals surface area contributed by atoms with Gasteiger partial charge in [-0.05, 0) is 25.3 Å². The molecule has 0 aliphatic carbocycles. The van der Waals surface area contributed by atoms with Crippen molar-refractivity contribution in [2.24, 2.45) is 15.6 Å². The smallest absolute Gasteiger partial charge is 0.321 e. The Hall–Kier alpha value is -2.56. The number of hydrogen-bond acceptors (Lipinski definition) is 10. The van der Waals surface area contributed by atoms with E-state index in [1.54, 1.807) is 22.9 Å². The van der Waals surface area contributed by atoms with Gasteiger partial charge in [0.25, 0.3) is 0 Å². The topological polar surface area (TPSA) is 148 Å². The van der Waals surface area contributed by atoms with Crippen LogP contribution in [0.25, 0.3) is 0 Å². The molecule has 5 N–H and O–H groups in total. The van der Waals surface area contributed by atoms with Gasteiger partial charge in [-0.25, -0.2) is 14.8 Å². The lowest BCUT2D eigenvalue weighted by Crippen LogP contribution is -2.49. The molecule has 26 heavy (non-hydrogen) atoms. The lowest BCUT2D eigenvalue weighted by molar-refractivity contribution is -0.141. The van der Waals surface area contributed by atoms with E-state index in [4.69, 9.17) is 5.73 Å². The second-order valence-electron chi connectivity index (χ2n) is 5.35. The number of hydrazone groups is 1. The first kappa shape index (κ1) is 18.2. The van der Waals surface area contributed by atoms with Gasteiger partial charge >= 0.3 is 5.97 Å². The Morgan fingerprint density at radius 1 is 1.62 bits per heavy atom. The number of nitrogens with one attached hydrogen (secondary N) is 2. The number of hydrogen-bond donors (Lipinski definition) is 4. The third-order valence-electron chi connectivity index (χ3n) is 3.56. The Kier molecular flexibility index (Phi) is 5.45. The molecule has 1 unspecified atom stereocenters. The second kappa shape index (κ2) is 7.77. The van der Waals surface area contributed by atoms with Crippen molar-refractivity contribution in [3.8, 4) is 0 Å². The number of carbonyl (C=O) groups is 1. The standard InChI is InChI=1S/C13H18N9O2PS/c1-8(10-4-3-5-26-10)18-21-7-22(9(2)11(23)24)25(19-12(21)14)20-13-15-6-16-17-13/h3-6,9H,7H2,1-2H3,(H2,14,19)(H,23,24)(H2,15,16,17,20)/t9-,25?/m1/s1. The molecule has 1 aliphatic heterocycles. The van der Waals surface area contributed by atoms with E-state index in [0.29, 0.717) is 5.95 Å². The summed E-state index contributed by atoms with van der Waals surface area (Å²) in [6.45, 7) is 3.64. The molecule has 0 saturated carbocycles. The molecule has 2 aromatic rings. The fraction of sp³-hybridized carbons (Fsp3) is 0.308. The Balaban J connectivity index is 1.87. The highest BCUT2D eigenvalue weighted by atomic mass is 32.1. The maximum absolute atomic E-state index is 11.5. The Morgan fingerprint density at radius 2 is 2.42 bits per heavy atom. The first-order valence-electron chi connectivity index (χ1n) is 7.58. The fourth-order valence-corrected chi connectivity index (χ4v) is 4.36. The number of aliphatic carboxylic acids is 1. The summed E-state index contributed by atoms with van der Waals surface area (Å²) in [5, 5.41) is 26.9. The van der Waals surface area contributed by atoms with Gasteiger partial charge in [-0.1, -0.05) is 6.07 Å². The molecule has 0 amide bonds. The molecule has 0 bridgehead atoms. The van der Waals surface area contributed by atoms with E-state index >= 15 is 0 Å². The molecular weight excluding hydrogens is 377 g/mol. The number of nitrogens with zero attached hydrogens (tertiary/aromatic N) is 6. The average molecular weight is 395 g/mol. The minimum Gasteiger partial charge on any atom is -0.480 e. The number of aromatic amines is 1. The average Bonchev–Trinajstić information content (AvgIpc) is 3.29. The zero-order valence-electron chi connectivity index (χ0n) is 14.1. The summed E-state index contributed by atoms with van der Waals surface area (Å²) in [7, 11) is -1.47. The largest absolute Gasteiger partial charge is 0.480 e. The van der Waals surface area contributed by atoms with E-state index in [2.05, 4.69) is 30.1 Å². The van der Waals surface area contributed by atoms with E-state index < -0.39 is 20.4 Å². The molecule has 13 heteroatoms. The summed E-state index contributed by atoms with van der Waals surface area (Å²) in [5.41, 5.74) is 6.84. The van der Waals surface area contributed by atoms with Crippen LogP contribution in [0.2, 0.25) is 0 Å². The van der Waals surface area contributed by atoms with Gasteiger partial charge in [0.05, 0.1) is 10.6 Å². The van der Waals surface area contributed by atoms with E-state index in [1.165, 1.54) is 11.3 Å². The van der Waals surface area contributed by atoms with E-state index in [-0.39, 0.29) is 12.6 Å². The van der Waals surface area contributed by atoms with Crippen LogP contribution in [0.4, 0.5) is 5.95 Å². The highest BCUT2D eigenvalue weighted by Gasteiger charge is 2.35. The highest BCUT2D eigenvalue weighted by Crippen LogP contribution is 2.45. The highest BCUT2D eigenvalue weighted by molar-refractivity contribution is 7.55. The van der Waals surface area contributed by atoms with Gasteiger partial charge in [-0.15, -0.1) is 11.3 Å². The summed E-state index contributed by atoms with van der Waals surface area (Å²) in [6, 6.07) is 3.09. The third kappa shape index (κ3) is 3.98. The van der Waals surface area contributed by atoms with Crippen LogP contribution in [-0.2, 0) is 4.79 Å². The number of carboxylic acids is 1. The number of carboxylic acid groups (broad SMARTS) is 1. The zero-order valence-corrected chi connectivity index (χ0v) is 15.8. The number of thiophene rings is 1. The molecule has 0 radical (unpaired) electrons. The van der Waals surface area contributed by atoms with Crippen molar-refractivity contribution in [2.75, 3.05) is 11.8 Å². The molecule has 3 rings (SSSR count). The van der Waals surface area contributed by atoms with Crippen LogP contribution < -0.4 is 10.8 Å². The van der Waals surface area contributed by atoms with Crippen LogP contribution >= 0.6 is 19.7 Å². The number of guanidine groups is 1. The van der Waals surface area contributed by atoms with Crippen LogP contribution in [0.1, 0.15) is 18.7 Å². The molecule has 0 fully saturated rings. The molecular formula is C13H18N9O2PS. The van der Waals surface area contributed by atoms with Gasteiger partial charge in [-0.2, -0.15) is 19.9 Å². The van der Waals surface area contributed by atoms with Crippen molar-refractivity contribution >= 4 is 43.3 Å². The quantitative estimate of drug-likeness (QED) is 0.422. The minimum absolute atomic E-state index is 0.179. The maximum atomic E-state index is 11.5. The number of anilines is 1. The van der Waals surface area contributed by atoms with E-state index in [0.717, 1.165) is 10.6 Å². The number of H-pyrrole nitrogens is 1. The summed E-state index contributed by atoms with van der Waals surface area (Å²) >= 11 is 1.56. The lowest BCUT2D eigenvalue weighted by atomic mass is 10.3. The van der Waals surface area contributed by atoms with E-state index in [9.17, 15) is 9.90 Å². The zero-order chi connectivity index (χ0) is 18.7. The summed E-state index contributed by atoms with van der Waals surface area (Å²) in [6.07, 6.45) is 1.35. The van der Waals surface area contributed by atoms with Crippen molar-refractivity contribution in [1.29, 1.82) is 0 Å². The van der Waals surface area contributed by atoms with Crippen molar-refractivity contribution in [2.45, 2.75) is 19.9 Å². The van der Waals surface area contributed by atoms with Crippen molar-refractivity contribution in [1.82, 2.24) is 24.9 Å². The lowest BCUT2D eigenvalue weighted by Gasteiger charge is -2.38. The molecule has 11 nitrogen and oxygen atoms in total. The van der Waals surface area contributed by atoms with Crippen LogP contribution in [-0.4, -0.2) is 60.3 Å². The first-order chi connectivity index (χ1) is 12.5. The third-order valence-corrected chi connectivity index (χ3v) is 6.30. The maximum Gasteiger partial charge on any atom is 0.321 e. The van der Waals surface area contributed by atoms with Crippen LogP contribution in [0, 0.1) is 0 Å². The molecule has 1 aliphatic rings. The Labute approximate surface area is 154 Å². The van der Waals surface area contributed by atoms with Gasteiger partial charge in [0.1, 0.15) is 19.0 Å². The van der Waals surface area contributed by atoms with Crippen LogP contribution in [0.15, 0.2) is 33.7 Å². The summed E-state index contributed by atoms with van der Waals surface area (Å²) in [4.78, 5) is 16.5. The van der Waals surface area contributed by atoms with Gasteiger partial charge < -0.3 is 15.9 Å². The van der Waals surface area contributed by atoms with Gasteiger partial charge in [0.2, 0.25) is 20.3 Å². The van der Waals surface area contributed by atoms with Gasteiger partial charge in [-0.3, -0.25) is 4.79 Å². The van der Waals surface area contributed by atoms with Crippen molar-refractivity contribution in [3.63, 3.8) is 0 Å². The Morgan fingerprint density at radius 3 is 3.04 bits per heavy atom. The predicted octanol–water partition coefficient (Wildman–Crippen LogP) is 1.29. The van der Waals surface area contributed by atoms with Crippen molar-refractivity contribution in [3.05, 3.63) is 28.7 Å². The first-order valence-corrected chi connectivity index (χ1v) is 9.70. The molecule has 0 spiro atoms. The number of aromatic nitrogens is 3. The summed E-state index contributed by atoms with van der Waals surface area (Å²) < 4.78 is 6.07. The molecule has 138 valence electrons. The number of nitrogens with two attached hydrogens (primary N) is 1. The van der Waals surface area contributed by atoms with Gasteiger partial charge in [0.15, 0.2) is 0 Å². The molecule has 0 aromatic carbocycles. The molecule has 3 heterocycles. The predicted molar refractivity (Wildman–Crippen MR) is 101 cm³/mol. The number of rotatable bonds is 6.